The van der Waals surface area contributed by atoms with Crippen LogP contribution in [0.15, 0.2) is 48.5 Å². The summed E-state index contributed by atoms with van der Waals surface area (Å²) in [5, 5.41) is 5.97. The molecule has 0 radical (unpaired) electrons. The number of ketones is 1. The van der Waals surface area contributed by atoms with Gasteiger partial charge in [0.1, 0.15) is 0 Å². The van der Waals surface area contributed by atoms with E-state index in [-0.39, 0.29) is 24.5 Å². The molecular weight excluding hydrogens is 368 g/mol. The van der Waals surface area contributed by atoms with Gasteiger partial charge in [0.05, 0.1) is 5.56 Å². The highest BCUT2D eigenvalue weighted by Crippen LogP contribution is 2.11. The predicted molar refractivity (Wildman–Crippen MR) is 103 cm³/mol. The van der Waals surface area contributed by atoms with Crippen molar-refractivity contribution in [2.75, 3.05) is 6.61 Å². The third kappa shape index (κ3) is 6.75. The quantitative estimate of drug-likeness (QED) is 0.560. The molecular formula is C20H21ClN2O4. The van der Waals surface area contributed by atoms with Crippen LogP contribution in [0.3, 0.4) is 0 Å². The molecule has 0 spiro atoms. The summed E-state index contributed by atoms with van der Waals surface area (Å²) in [5.41, 5.74) is 1.59. The number of Topliss-reactive ketones (excluding diaryl/α,β-unsaturated/α-hetero) is 1. The Morgan fingerprint density at radius 3 is 2.15 bits per heavy atom. The molecule has 0 aliphatic rings. The first-order valence-electron chi connectivity index (χ1n) is 8.44. The summed E-state index contributed by atoms with van der Waals surface area (Å²) in [6.45, 7) is 3.73. The van der Waals surface area contributed by atoms with Gasteiger partial charge in [-0.1, -0.05) is 23.7 Å². The molecule has 7 heteroatoms. The van der Waals surface area contributed by atoms with Gasteiger partial charge in [-0.15, -0.1) is 0 Å². The number of rotatable bonds is 7. The minimum absolute atomic E-state index is 0.0535. The molecule has 2 aromatic rings. The van der Waals surface area contributed by atoms with Crippen LogP contribution in [0, 0.1) is 0 Å². The second-order valence-corrected chi connectivity index (χ2v) is 6.62. The van der Waals surface area contributed by atoms with E-state index in [9.17, 15) is 14.4 Å². The Labute approximate surface area is 162 Å². The normalized spacial score (nSPS) is 10.4. The van der Waals surface area contributed by atoms with Gasteiger partial charge in [-0.05, 0) is 55.8 Å². The molecule has 0 saturated heterocycles. The van der Waals surface area contributed by atoms with Gasteiger partial charge in [-0.2, -0.15) is 0 Å². The van der Waals surface area contributed by atoms with Crippen LogP contribution in [0.4, 0.5) is 4.79 Å². The lowest BCUT2D eigenvalue weighted by atomic mass is 10.1. The second kappa shape index (κ2) is 9.73. The zero-order valence-electron chi connectivity index (χ0n) is 15.1. The molecule has 0 heterocycles. The van der Waals surface area contributed by atoms with E-state index in [4.69, 9.17) is 16.3 Å². The van der Waals surface area contributed by atoms with E-state index in [2.05, 4.69) is 10.6 Å². The maximum absolute atomic E-state index is 12.1. The molecule has 142 valence electrons. The van der Waals surface area contributed by atoms with Crippen LogP contribution in [0.1, 0.15) is 40.1 Å². The number of benzene rings is 2. The highest BCUT2D eigenvalue weighted by atomic mass is 35.5. The van der Waals surface area contributed by atoms with E-state index >= 15 is 0 Å². The van der Waals surface area contributed by atoms with Crippen molar-refractivity contribution in [3.8, 4) is 0 Å². The lowest BCUT2D eigenvalue weighted by Crippen LogP contribution is -2.39. The maximum Gasteiger partial charge on any atom is 0.338 e. The van der Waals surface area contributed by atoms with Gasteiger partial charge in [0.15, 0.2) is 12.4 Å². The molecule has 0 aliphatic carbocycles. The van der Waals surface area contributed by atoms with Crippen LogP contribution in [0.5, 0.6) is 0 Å². The number of esters is 1. The van der Waals surface area contributed by atoms with Crippen LogP contribution in [-0.4, -0.2) is 30.4 Å². The molecule has 0 fully saturated rings. The fourth-order valence-electron chi connectivity index (χ4n) is 2.19. The van der Waals surface area contributed by atoms with Crippen molar-refractivity contribution >= 4 is 29.4 Å². The lowest BCUT2D eigenvalue weighted by Gasteiger charge is -2.10. The fraction of sp³-hybridized carbons (Fsp3) is 0.250. The Hall–Kier alpha value is -2.86. The number of carbonyl (C=O) groups is 3. The monoisotopic (exact) mass is 388 g/mol. The van der Waals surface area contributed by atoms with E-state index in [0.29, 0.717) is 22.7 Å². The van der Waals surface area contributed by atoms with Crippen LogP contribution in [-0.2, 0) is 11.3 Å². The number of hydrogen-bond acceptors (Lipinski definition) is 4. The van der Waals surface area contributed by atoms with Crippen LogP contribution in [0.25, 0.3) is 0 Å². The van der Waals surface area contributed by atoms with Gasteiger partial charge in [0.25, 0.3) is 0 Å². The smallest absolute Gasteiger partial charge is 0.338 e. The number of amides is 2. The Bertz CT molecular complexity index is 802. The summed E-state index contributed by atoms with van der Waals surface area (Å²) >= 11 is 5.78. The number of halogens is 1. The second-order valence-electron chi connectivity index (χ2n) is 6.18. The van der Waals surface area contributed by atoms with Crippen molar-refractivity contribution < 1.29 is 19.1 Å². The van der Waals surface area contributed by atoms with Gasteiger partial charge in [0.2, 0.25) is 0 Å². The van der Waals surface area contributed by atoms with Gasteiger partial charge in [-0.3, -0.25) is 4.79 Å². The molecule has 0 aliphatic heterocycles. The fourth-order valence-corrected chi connectivity index (χ4v) is 2.31. The van der Waals surface area contributed by atoms with Crippen LogP contribution in [0.2, 0.25) is 5.02 Å². The van der Waals surface area contributed by atoms with Gasteiger partial charge in [0, 0.05) is 23.2 Å². The Kier molecular flexibility index (Phi) is 7.37. The SMILES string of the molecule is CC(C)NC(=O)NCc1ccc(C(=O)OCC(=O)c2ccc(Cl)cc2)cc1. The molecule has 0 atom stereocenters. The zero-order valence-corrected chi connectivity index (χ0v) is 15.9. The van der Waals surface area contributed by atoms with Crippen molar-refractivity contribution in [1.29, 1.82) is 0 Å². The van der Waals surface area contributed by atoms with Gasteiger partial charge >= 0.3 is 12.0 Å². The van der Waals surface area contributed by atoms with Crippen molar-refractivity contribution in [2.45, 2.75) is 26.4 Å². The zero-order chi connectivity index (χ0) is 19.8. The first-order valence-corrected chi connectivity index (χ1v) is 8.82. The minimum atomic E-state index is -0.589. The molecule has 6 nitrogen and oxygen atoms in total. The highest BCUT2D eigenvalue weighted by Gasteiger charge is 2.12. The molecule has 2 amide bonds. The average molecular weight is 389 g/mol. The van der Waals surface area contributed by atoms with Crippen molar-refractivity contribution in [3.63, 3.8) is 0 Å². The highest BCUT2D eigenvalue weighted by molar-refractivity contribution is 6.30. The number of ether oxygens (including phenoxy) is 1. The molecule has 0 aromatic heterocycles. The molecule has 0 saturated carbocycles. The Balaban J connectivity index is 1.83. The third-order valence-corrected chi connectivity index (χ3v) is 3.82. The van der Waals surface area contributed by atoms with Crippen molar-refractivity contribution in [1.82, 2.24) is 10.6 Å². The molecule has 0 bridgehead atoms. The summed E-state index contributed by atoms with van der Waals surface area (Å²) in [7, 11) is 0. The first kappa shape index (κ1) is 20.5. The molecule has 2 N–H and O–H groups in total. The molecule has 0 unspecified atom stereocenters. The van der Waals surface area contributed by atoms with Crippen molar-refractivity contribution in [3.05, 3.63) is 70.2 Å². The van der Waals surface area contributed by atoms with Crippen molar-refractivity contribution in [2.24, 2.45) is 0 Å². The maximum atomic E-state index is 12.1. The number of hydrogen-bond donors (Lipinski definition) is 2. The Morgan fingerprint density at radius 1 is 0.963 bits per heavy atom. The lowest BCUT2D eigenvalue weighted by molar-refractivity contribution is 0.0474. The topological polar surface area (TPSA) is 84.5 Å². The van der Waals surface area contributed by atoms with E-state index in [1.807, 2.05) is 13.8 Å². The van der Waals surface area contributed by atoms with E-state index in [1.54, 1.807) is 48.5 Å². The molecule has 2 rings (SSSR count). The summed E-state index contributed by atoms with van der Waals surface area (Å²) in [6.07, 6.45) is 0. The largest absolute Gasteiger partial charge is 0.454 e. The first-order chi connectivity index (χ1) is 12.8. The van der Waals surface area contributed by atoms with Crippen LogP contribution >= 0.6 is 11.6 Å². The summed E-state index contributed by atoms with van der Waals surface area (Å²) in [5.74, 6) is -0.897. The van der Waals surface area contributed by atoms with E-state index in [0.717, 1.165) is 5.56 Å². The van der Waals surface area contributed by atoms with E-state index < -0.39 is 5.97 Å². The summed E-state index contributed by atoms with van der Waals surface area (Å²) in [6, 6.07) is 12.8. The van der Waals surface area contributed by atoms with Gasteiger partial charge in [-0.25, -0.2) is 9.59 Å². The minimum Gasteiger partial charge on any atom is -0.454 e. The summed E-state index contributed by atoms with van der Waals surface area (Å²) in [4.78, 5) is 35.6. The van der Waals surface area contributed by atoms with Gasteiger partial charge < -0.3 is 15.4 Å². The van der Waals surface area contributed by atoms with Crippen LogP contribution < -0.4 is 10.6 Å². The number of urea groups is 1. The average Bonchev–Trinajstić information content (AvgIpc) is 2.64. The number of nitrogens with one attached hydrogen (secondary N) is 2. The van der Waals surface area contributed by atoms with E-state index in [1.165, 1.54) is 0 Å². The standard InChI is InChI=1S/C20H21ClN2O4/c1-13(2)23-20(26)22-11-14-3-5-16(6-4-14)19(25)27-12-18(24)15-7-9-17(21)10-8-15/h3-10,13H,11-12H2,1-2H3,(H2,22,23,26). The predicted octanol–water partition coefficient (Wildman–Crippen LogP) is 3.59. The molecule has 2 aromatic carbocycles. The third-order valence-electron chi connectivity index (χ3n) is 3.56. The summed E-state index contributed by atoms with van der Waals surface area (Å²) < 4.78 is 5.06. The molecule has 27 heavy (non-hydrogen) atoms. The number of carbonyl (C=O) groups excluding carboxylic acids is 3. The Morgan fingerprint density at radius 2 is 1.56 bits per heavy atom.